The zero-order valence-electron chi connectivity index (χ0n) is 9.60. The summed E-state index contributed by atoms with van der Waals surface area (Å²) in [4.78, 5) is 11.3. The Morgan fingerprint density at radius 3 is 2.18 bits per heavy atom. The minimum absolute atomic E-state index is 0.0451. The van der Waals surface area contributed by atoms with Crippen LogP contribution in [0.15, 0.2) is 42.5 Å². The molecular formula is C14H14N2O. The van der Waals surface area contributed by atoms with E-state index in [0.29, 0.717) is 16.9 Å². The second-order valence-corrected chi connectivity index (χ2v) is 4.03. The van der Waals surface area contributed by atoms with Gasteiger partial charge in [0.05, 0.1) is 0 Å². The van der Waals surface area contributed by atoms with Crippen LogP contribution in [-0.4, -0.2) is 5.78 Å². The van der Waals surface area contributed by atoms with E-state index in [4.69, 9.17) is 11.5 Å². The van der Waals surface area contributed by atoms with Crippen molar-refractivity contribution in [2.75, 3.05) is 11.5 Å². The molecule has 0 heterocycles. The van der Waals surface area contributed by atoms with Gasteiger partial charge >= 0.3 is 0 Å². The van der Waals surface area contributed by atoms with E-state index in [9.17, 15) is 4.79 Å². The highest BCUT2D eigenvalue weighted by molar-refractivity contribution is 5.95. The average Bonchev–Trinajstić information content (AvgIpc) is 2.28. The normalized spacial score (nSPS) is 10.2. The molecule has 0 atom stereocenters. The monoisotopic (exact) mass is 226 g/mol. The first-order valence-electron chi connectivity index (χ1n) is 5.33. The molecule has 0 bridgehead atoms. The molecule has 86 valence electrons. The topological polar surface area (TPSA) is 69.1 Å². The van der Waals surface area contributed by atoms with E-state index in [1.54, 1.807) is 19.1 Å². The van der Waals surface area contributed by atoms with Crippen molar-refractivity contribution in [3.8, 4) is 11.1 Å². The largest absolute Gasteiger partial charge is 0.399 e. The first-order valence-corrected chi connectivity index (χ1v) is 5.33. The summed E-state index contributed by atoms with van der Waals surface area (Å²) in [6.07, 6.45) is 0. The molecule has 0 unspecified atom stereocenters. The van der Waals surface area contributed by atoms with Gasteiger partial charge in [0.25, 0.3) is 0 Å². The third kappa shape index (κ3) is 2.45. The summed E-state index contributed by atoms with van der Waals surface area (Å²) in [6.45, 7) is 1.55. The summed E-state index contributed by atoms with van der Waals surface area (Å²) >= 11 is 0. The lowest BCUT2D eigenvalue weighted by Gasteiger charge is -2.06. The van der Waals surface area contributed by atoms with E-state index in [1.807, 2.05) is 30.3 Å². The molecule has 2 aromatic rings. The summed E-state index contributed by atoms with van der Waals surface area (Å²) in [5.41, 5.74) is 15.3. The van der Waals surface area contributed by atoms with Gasteiger partial charge in [-0.05, 0) is 42.3 Å². The van der Waals surface area contributed by atoms with Gasteiger partial charge in [-0.15, -0.1) is 0 Å². The molecule has 0 aliphatic rings. The lowest BCUT2D eigenvalue weighted by atomic mass is 10.0. The molecule has 3 nitrogen and oxygen atoms in total. The van der Waals surface area contributed by atoms with Gasteiger partial charge in [-0.25, -0.2) is 0 Å². The SMILES string of the molecule is CC(=O)c1cccc(-c2cc(N)cc(N)c2)c1. The van der Waals surface area contributed by atoms with Crippen molar-refractivity contribution < 1.29 is 4.79 Å². The Hall–Kier alpha value is -2.29. The quantitative estimate of drug-likeness (QED) is 0.611. The second kappa shape index (κ2) is 4.29. The van der Waals surface area contributed by atoms with Crippen molar-refractivity contribution in [2.24, 2.45) is 0 Å². The van der Waals surface area contributed by atoms with Crippen LogP contribution in [0.25, 0.3) is 11.1 Å². The van der Waals surface area contributed by atoms with E-state index in [2.05, 4.69) is 0 Å². The van der Waals surface area contributed by atoms with Crippen LogP contribution in [0.4, 0.5) is 11.4 Å². The second-order valence-electron chi connectivity index (χ2n) is 4.03. The molecule has 0 fully saturated rings. The summed E-state index contributed by atoms with van der Waals surface area (Å²) < 4.78 is 0. The molecule has 0 saturated heterocycles. The number of Topliss-reactive ketones (excluding diaryl/α,β-unsaturated/α-hetero) is 1. The van der Waals surface area contributed by atoms with Gasteiger partial charge in [0.15, 0.2) is 5.78 Å². The van der Waals surface area contributed by atoms with E-state index >= 15 is 0 Å². The van der Waals surface area contributed by atoms with Crippen molar-refractivity contribution >= 4 is 17.2 Å². The van der Waals surface area contributed by atoms with E-state index in [-0.39, 0.29) is 5.78 Å². The van der Waals surface area contributed by atoms with Crippen LogP contribution in [-0.2, 0) is 0 Å². The fraction of sp³-hybridized carbons (Fsp3) is 0.0714. The zero-order valence-corrected chi connectivity index (χ0v) is 9.60. The lowest BCUT2D eigenvalue weighted by Crippen LogP contribution is -1.94. The van der Waals surface area contributed by atoms with Crippen LogP contribution in [0.2, 0.25) is 0 Å². The standard InChI is InChI=1S/C14H14N2O/c1-9(17)10-3-2-4-11(5-10)12-6-13(15)8-14(16)7-12/h2-8H,15-16H2,1H3. The predicted molar refractivity (Wildman–Crippen MR) is 70.7 cm³/mol. The van der Waals surface area contributed by atoms with E-state index in [1.165, 1.54) is 0 Å². The summed E-state index contributed by atoms with van der Waals surface area (Å²) in [7, 11) is 0. The van der Waals surface area contributed by atoms with Gasteiger partial charge in [0.1, 0.15) is 0 Å². The van der Waals surface area contributed by atoms with Gasteiger partial charge in [0.2, 0.25) is 0 Å². The summed E-state index contributed by atoms with van der Waals surface area (Å²) in [6, 6.07) is 12.8. The Bertz CT molecular complexity index is 556. The molecule has 0 aliphatic carbocycles. The minimum Gasteiger partial charge on any atom is -0.399 e. The fourth-order valence-corrected chi connectivity index (χ4v) is 1.76. The number of anilines is 2. The maximum absolute atomic E-state index is 11.3. The number of ketones is 1. The number of hydrogen-bond donors (Lipinski definition) is 2. The molecule has 2 aromatic carbocycles. The van der Waals surface area contributed by atoms with Gasteiger partial charge < -0.3 is 11.5 Å². The Labute approximate surface area is 100 Å². The smallest absolute Gasteiger partial charge is 0.159 e. The van der Waals surface area contributed by atoms with Crippen LogP contribution < -0.4 is 11.5 Å². The molecule has 0 spiro atoms. The lowest BCUT2D eigenvalue weighted by molar-refractivity contribution is 0.101. The first-order chi connectivity index (χ1) is 8.06. The molecule has 17 heavy (non-hydrogen) atoms. The Morgan fingerprint density at radius 1 is 0.941 bits per heavy atom. The molecule has 0 saturated carbocycles. The Morgan fingerprint density at radius 2 is 1.59 bits per heavy atom. The molecule has 2 rings (SSSR count). The highest BCUT2D eigenvalue weighted by Crippen LogP contribution is 2.25. The zero-order chi connectivity index (χ0) is 12.4. The first kappa shape index (κ1) is 11.2. The highest BCUT2D eigenvalue weighted by atomic mass is 16.1. The number of rotatable bonds is 2. The van der Waals surface area contributed by atoms with E-state index < -0.39 is 0 Å². The van der Waals surface area contributed by atoms with Crippen LogP contribution in [0.5, 0.6) is 0 Å². The fourth-order valence-electron chi connectivity index (χ4n) is 1.76. The minimum atomic E-state index is 0.0451. The highest BCUT2D eigenvalue weighted by Gasteiger charge is 2.04. The number of carbonyl (C=O) groups is 1. The maximum Gasteiger partial charge on any atom is 0.159 e. The van der Waals surface area contributed by atoms with E-state index in [0.717, 1.165) is 11.1 Å². The summed E-state index contributed by atoms with van der Waals surface area (Å²) in [5, 5.41) is 0. The molecule has 0 amide bonds. The van der Waals surface area contributed by atoms with Crippen LogP contribution >= 0.6 is 0 Å². The van der Waals surface area contributed by atoms with Gasteiger partial charge in [-0.3, -0.25) is 4.79 Å². The molecule has 3 heteroatoms. The number of nitrogens with two attached hydrogens (primary N) is 2. The molecular weight excluding hydrogens is 212 g/mol. The van der Waals surface area contributed by atoms with Crippen LogP contribution in [0, 0.1) is 0 Å². The number of benzene rings is 2. The Balaban J connectivity index is 2.52. The number of carbonyl (C=O) groups excluding carboxylic acids is 1. The molecule has 0 radical (unpaired) electrons. The third-order valence-corrected chi connectivity index (χ3v) is 2.58. The molecule has 4 N–H and O–H groups in total. The van der Waals surface area contributed by atoms with Gasteiger partial charge in [-0.1, -0.05) is 18.2 Å². The van der Waals surface area contributed by atoms with Crippen molar-refractivity contribution in [3.05, 3.63) is 48.0 Å². The van der Waals surface area contributed by atoms with Gasteiger partial charge in [-0.2, -0.15) is 0 Å². The van der Waals surface area contributed by atoms with Crippen molar-refractivity contribution in [2.45, 2.75) is 6.92 Å². The maximum atomic E-state index is 11.3. The molecule has 0 aliphatic heterocycles. The number of nitrogen functional groups attached to an aromatic ring is 2. The van der Waals surface area contributed by atoms with Crippen molar-refractivity contribution in [1.82, 2.24) is 0 Å². The molecule has 0 aromatic heterocycles. The van der Waals surface area contributed by atoms with Crippen molar-refractivity contribution in [3.63, 3.8) is 0 Å². The van der Waals surface area contributed by atoms with Gasteiger partial charge in [0, 0.05) is 16.9 Å². The number of hydrogen-bond acceptors (Lipinski definition) is 3. The van der Waals surface area contributed by atoms with Crippen LogP contribution in [0.3, 0.4) is 0 Å². The summed E-state index contributed by atoms with van der Waals surface area (Å²) in [5.74, 6) is 0.0451. The Kier molecular flexibility index (Phi) is 2.83. The van der Waals surface area contributed by atoms with Crippen LogP contribution in [0.1, 0.15) is 17.3 Å². The van der Waals surface area contributed by atoms with Crippen molar-refractivity contribution in [1.29, 1.82) is 0 Å². The average molecular weight is 226 g/mol. The third-order valence-electron chi connectivity index (χ3n) is 2.58. The predicted octanol–water partition coefficient (Wildman–Crippen LogP) is 2.72.